The van der Waals surface area contributed by atoms with Crippen LogP contribution in [0.15, 0.2) is 47.5 Å². The normalized spacial score (nSPS) is 21.3. The van der Waals surface area contributed by atoms with Gasteiger partial charge >= 0.3 is 0 Å². The summed E-state index contributed by atoms with van der Waals surface area (Å²) >= 11 is 7.15. The summed E-state index contributed by atoms with van der Waals surface area (Å²) in [6.45, 7) is -0.0701. The quantitative estimate of drug-likeness (QED) is 0.702. The van der Waals surface area contributed by atoms with Gasteiger partial charge < -0.3 is 15.0 Å². The molecule has 4 rings (SSSR count). The zero-order valence-electron chi connectivity index (χ0n) is 16.4. The lowest BCUT2D eigenvalue weighted by Gasteiger charge is -2.24. The van der Waals surface area contributed by atoms with Gasteiger partial charge in [-0.1, -0.05) is 23.4 Å². The minimum absolute atomic E-state index is 0.0187. The van der Waals surface area contributed by atoms with Gasteiger partial charge in [-0.25, -0.2) is 12.8 Å². The zero-order chi connectivity index (χ0) is 22.2. The number of amides is 1. The fourth-order valence-corrected chi connectivity index (χ4v) is 7.38. The molecule has 0 bridgehead atoms. The Morgan fingerprint density at radius 1 is 1.29 bits per heavy atom. The van der Waals surface area contributed by atoms with E-state index in [0.29, 0.717) is 22.3 Å². The number of nitrogens with one attached hydrogen (secondary N) is 1. The van der Waals surface area contributed by atoms with Crippen LogP contribution >= 0.6 is 23.4 Å². The van der Waals surface area contributed by atoms with Gasteiger partial charge in [-0.05, 0) is 42.5 Å². The molecule has 11 heteroatoms. The first kappa shape index (κ1) is 21.9. The molecule has 0 spiro atoms. The molecule has 2 aliphatic heterocycles. The molecule has 7 nitrogen and oxygen atoms in total. The predicted octanol–water partition coefficient (Wildman–Crippen LogP) is 3.20. The van der Waals surface area contributed by atoms with Gasteiger partial charge in [-0.2, -0.15) is 0 Å². The Balaban J connectivity index is 1.56. The number of carbonyl (C=O) groups excluding carboxylic acids is 1. The van der Waals surface area contributed by atoms with Crippen molar-refractivity contribution < 1.29 is 22.3 Å². The second-order valence-electron chi connectivity index (χ2n) is 7.17. The number of anilines is 2. The summed E-state index contributed by atoms with van der Waals surface area (Å²) in [6.07, 6.45) is 0. The maximum absolute atomic E-state index is 13.4. The van der Waals surface area contributed by atoms with E-state index < -0.39 is 15.7 Å². The summed E-state index contributed by atoms with van der Waals surface area (Å²) in [6, 6.07) is 10.8. The van der Waals surface area contributed by atoms with Crippen molar-refractivity contribution in [1.29, 1.82) is 0 Å². The topological polar surface area (TPSA) is 88.1 Å². The molecule has 1 saturated heterocycles. The molecular formula is C20H19ClFN3O4S2. The second kappa shape index (κ2) is 8.68. The van der Waals surface area contributed by atoms with E-state index in [9.17, 15) is 17.6 Å². The second-order valence-corrected chi connectivity index (χ2v) is 10.9. The third-order valence-electron chi connectivity index (χ3n) is 4.93. The summed E-state index contributed by atoms with van der Waals surface area (Å²) in [5, 5.41) is 3.05. The summed E-state index contributed by atoms with van der Waals surface area (Å²) < 4.78 is 42.3. The first-order valence-electron chi connectivity index (χ1n) is 9.35. The third kappa shape index (κ3) is 4.97. The van der Waals surface area contributed by atoms with E-state index in [4.69, 9.17) is 16.3 Å². The van der Waals surface area contributed by atoms with Crippen molar-refractivity contribution in [3.63, 3.8) is 0 Å². The number of hydrogen-bond acceptors (Lipinski definition) is 7. The Kier molecular flexibility index (Phi) is 6.14. The van der Waals surface area contributed by atoms with Gasteiger partial charge in [-0.3, -0.25) is 9.79 Å². The van der Waals surface area contributed by atoms with Crippen molar-refractivity contribution in [1.82, 2.24) is 0 Å². The minimum Gasteiger partial charge on any atom is -0.497 e. The molecule has 1 amide bonds. The fraction of sp³-hybridized carbons (Fsp3) is 0.300. The highest BCUT2D eigenvalue weighted by Gasteiger charge is 2.44. The average Bonchev–Trinajstić information content (AvgIpc) is 3.22. The van der Waals surface area contributed by atoms with E-state index >= 15 is 0 Å². The van der Waals surface area contributed by atoms with Gasteiger partial charge in [0.25, 0.3) is 0 Å². The van der Waals surface area contributed by atoms with E-state index in [0.717, 1.165) is 0 Å². The predicted molar refractivity (Wildman–Crippen MR) is 122 cm³/mol. The molecule has 2 aliphatic rings. The first-order valence-corrected chi connectivity index (χ1v) is 12.4. The number of fused-ring (bicyclic) bond motifs is 1. The molecule has 1 N–H and O–H groups in total. The van der Waals surface area contributed by atoms with Crippen molar-refractivity contribution in [3.05, 3.63) is 53.3 Å². The van der Waals surface area contributed by atoms with Crippen molar-refractivity contribution in [2.45, 2.75) is 11.3 Å². The smallest absolute Gasteiger partial charge is 0.244 e. The molecular weight excluding hydrogens is 465 g/mol. The monoisotopic (exact) mass is 483 g/mol. The molecule has 2 atom stereocenters. The molecule has 0 saturated carbocycles. The van der Waals surface area contributed by atoms with Gasteiger partial charge in [-0.15, -0.1) is 0 Å². The van der Waals surface area contributed by atoms with Crippen LogP contribution < -0.4 is 15.0 Å². The van der Waals surface area contributed by atoms with Crippen LogP contribution in [0.1, 0.15) is 0 Å². The molecule has 2 aromatic rings. The lowest BCUT2D eigenvalue weighted by atomic mass is 10.2. The van der Waals surface area contributed by atoms with E-state index in [1.807, 2.05) is 0 Å². The highest BCUT2D eigenvalue weighted by molar-refractivity contribution is 8.15. The van der Waals surface area contributed by atoms with Crippen LogP contribution in [-0.4, -0.2) is 55.9 Å². The van der Waals surface area contributed by atoms with Crippen LogP contribution in [0.4, 0.5) is 15.8 Å². The van der Waals surface area contributed by atoms with Gasteiger partial charge in [0.15, 0.2) is 15.0 Å². The van der Waals surface area contributed by atoms with Crippen LogP contribution in [-0.2, 0) is 14.6 Å². The molecule has 164 valence electrons. The summed E-state index contributed by atoms with van der Waals surface area (Å²) in [5.74, 6) is -0.168. The lowest BCUT2D eigenvalue weighted by molar-refractivity contribution is -0.114. The van der Waals surface area contributed by atoms with Crippen LogP contribution in [0.25, 0.3) is 0 Å². The number of benzene rings is 2. The highest BCUT2D eigenvalue weighted by Crippen LogP contribution is 2.37. The Bertz CT molecular complexity index is 1140. The number of thioether (sulfide) groups is 1. The Morgan fingerprint density at radius 3 is 2.68 bits per heavy atom. The fourth-order valence-electron chi connectivity index (χ4n) is 3.42. The molecule has 31 heavy (non-hydrogen) atoms. The van der Waals surface area contributed by atoms with Gasteiger partial charge in [0, 0.05) is 16.6 Å². The third-order valence-corrected chi connectivity index (χ3v) is 8.46. The van der Waals surface area contributed by atoms with E-state index in [1.165, 1.54) is 30.0 Å². The summed E-state index contributed by atoms with van der Waals surface area (Å²) in [5.41, 5.74) is 1.08. The van der Waals surface area contributed by atoms with E-state index in [2.05, 4.69) is 10.3 Å². The average molecular weight is 484 g/mol. The summed E-state index contributed by atoms with van der Waals surface area (Å²) in [4.78, 5) is 19.1. The van der Waals surface area contributed by atoms with E-state index in [1.54, 1.807) is 36.3 Å². The number of amidine groups is 1. The van der Waals surface area contributed by atoms with Crippen LogP contribution in [0.3, 0.4) is 0 Å². The Morgan fingerprint density at radius 2 is 2.03 bits per heavy atom. The molecule has 0 radical (unpaired) electrons. The molecule has 0 aliphatic carbocycles. The number of halogens is 2. The van der Waals surface area contributed by atoms with Gasteiger partial charge in [0.1, 0.15) is 18.1 Å². The van der Waals surface area contributed by atoms with Crippen LogP contribution in [0.5, 0.6) is 5.75 Å². The highest BCUT2D eigenvalue weighted by atomic mass is 35.5. The number of carbonyl (C=O) groups is 1. The number of rotatable bonds is 5. The van der Waals surface area contributed by atoms with Crippen molar-refractivity contribution in [2.75, 3.05) is 35.4 Å². The minimum atomic E-state index is -3.09. The number of nitrogens with zero attached hydrogens (tertiary/aromatic N) is 2. The molecule has 1 fully saturated rings. The van der Waals surface area contributed by atoms with Crippen molar-refractivity contribution in [3.8, 4) is 5.75 Å². The maximum Gasteiger partial charge on any atom is 0.244 e. The maximum atomic E-state index is 13.4. The lowest BCUT2D eigenvalue weighted by Crippen LogP contribution is -2.36. The standard InChI is InChI=1S/C20H19ClFN3O4S2/c1-29-14-5-3-13(4-6-14)25(20-24-17-10-31(27,28)11-18(17)30-20)9-19(26)23-12-2-7-16(22)15(21)8-12/h2-8,17-18H,9-11H2,1H3,(H,23,26)/t17-,18+/m0/s1. The first-order chi connectivity index (χ1) is 14.7. The largest absolute Gasteiger partial charge is 0.497 e. The number of ether oxygens (including phenoxy) is 1. The number of methoxy groups -OCH3 is 1. The summed E-state index contributed by atoms with van der Waals surface area (Å²) in [7, 11) is -1.52. The SMILES string of the molecule is COc1ccc(N(CC(=O)Nc2ccc(F)c(Cl)c2)C2=N[C@H]3CS(=O)(=O)C[C@H]3S2)cc1. The number of hydrogen-bond donors (Lipinski definition) is 1. The number of aliphatic imine (C=N–C) groups is 1. The Hall–Kier alpha value is -2.30. The molecule has 0 aromatic heterocycles. The van der Waals surface area contributed by atoms with Crippen LogP contribution in [0.2, 0.25) is 5.02 Å². The molecule has 2 aromatic carbocycles. The van der Waals surface area contributed by atoms with E-state index in [-0.39, 0.29) is 40.3 Å². The van der Waals surface area contributed by atoms with Gasteiger partial charge in [0.2, 0.25) is 5.91 Å². The molecule has 2 heterocycles. The van der Waals surface area contributed by atoms with Crippen molar-refractivity contribution >= 4 is 55.6 Å². The van der Waals surface area contributed by atoms with Crippen molar-refractivity contribution in [2.24, 2.45) is 4.99 Å². The van der Waals surface area contributed by atoms with Crippen LogP contribution in [0, 0.1) is 5.82 Å². The zero-order valence-corrected chi connectivity index (χ0v) is 18.8. The molecule has 0 unspecified atom stereocenters. The van der Waals surface area contributed by atoms with Gasteiger partial charge in [0.05, 0.1) is 29.7 Å². The number of sulfone groups is 1. The Labute approximate surface area is 188 Å².